The van der Waals surface area contributed by atoms with Crippen molar-refractivity contribution in [2.45, 2.75) is 25.4 Å². The molecule has 3 aliphatic heterocycles. The second kappa shape index (κ2) is 9.08. The molecular weight excluding hydrogens is 416 g/mol. The molecule has 3 aliphatic rings. The third-order valence-corrected chi connectivity index (χ3v) is 7.11. The van der Waals surface area contributed by atoms with E-state index in [0.29, 0.717) is 22.7 Å². The fourth-order valence-corrected chi connectivity index (χ4v) is 5.28. The van der Waals surface area contributed by atoms with E-state index in [9.17, 15) is 14.4 Å². The summed E-state index contributed by atoms with van der Waals surface area (Å²) in [6.07, 6.45) is 2.47. The van der Waals surface area contributed by atoms with Crippen LogP contribution in [-0.2, 0) is 6.54 Å². The lowest BCUT2D eigenvalue weighted by molar-refractivity contribution is 0.0452. The SMILES string of the molecule is CN1CCCC(N2CCN(C(=O)c3cccc(CN4C(=O)c5ccccc5C4=O)c3)CC2)C1. The van der Waals surface area contributed by atoms with E-state index in [4.69, 9.17) is 0 Å². The average Bonchev–Trinajstić information content (AvgIpc) is 3.09. The number of carbonyl (C=O) groups excluding carboxylic acids is 3. The smallest absolute Gasteiger partial charge is 0.261 e. The highest BCUT2D eigenvalue weighted by atomic mass is 16.2. The van der Waals surface area contributed by atoms with Gasteiger partial charge < -0.3 is 9.80 Å². The first-order chi connectivity index (χ1) is 16.0. The van der Waals surface area contributed by atoms with Crippen LogP contribution in [0.2, 0.25) is 0 Å². The maximum absolute atomic E-state index is 13.2. The molecule has 7 nitrogen and oxygen atoms in total. The van der Waals surface area contributed by atoms with Gasteiger partial charge in [0.15, 0.2) is 0 Å². The molecule has 1 atom stereocenters. The van der Waals surface area contributed by atoms with Crippen molar-refractivity contribution >= 4 is 17.7 Å². The number of likely N-dealkylation sites (tertiary alicyclic amines) is 1. The summed E-state index contributed by atoms with van der Waals surface area (Å²) in [5.74, 6) is -0.548. The molecule has 0 saturated carbocycles. The van der Waals surface area contributed by atoms with E-state index < -0.39 is 0 Å². The number of piperidine rings is 1. The standard InChI is InChI=1S/C26H30N4O3/c1-27-11-5-8-21(18-27)28-12-14-29(15-13-28)24(31)20-7-4-6-19(16-20)17-30-25(32)22-9-2-3-10-23(22)26(30)33/h2-4,6-7,9-10,16,21H,5,8,11-15,17-18H2,1H3. The maximum Gasteiger partial charge on any atom is 0.261 e. The molecule has 0 aliphatic carbocycles. The second-order valence-corrected chi connectivity index (χ2v) is 9.33. The molecule has 0 aromatic heterocycles. The molecule has 2 saturated heterocycles. The van der Waals surface area contributed by atoms with E-state index in [1.807, 2.05) is 29.2 Å². The predicted octanol–water partition coefficient (Wildman–Crippen LogP) is 2.33. The first kappa shape index (κ1) is 21.8. The minimum Gasteiger partial charge on any atom is -0.336 e. The van der Waals surface area contributed by atoms with Crippen LogP contribution in [0.5, 0.6) is 0 Å². The number of piperazine rings is 1. The van der Waals surface area contributed by atoms with Crippen LogP contribution in [0.1, 0.15) is 49.5 Å². The van der Waals surface area contributed by atoms with Crippen LogP contribution in [0.25, 0.3) is 0 Å². The average molecular weight is 447 g/mol. The Morgan fingerprint density at radius 3 is 2.27 bits per heavy atom. The predicted molar refractivity (Wildman–Crippen MR) is 125 cm³/mol. The number of amides is 3. The summed E-state index contributed by atoms with van der Waals surface area (Å²) < 4.78 is 0. The third-order valence-electron chi connectivity index (χ3n) is 7.11. The van der Waals surface area contributed by atoms with Gasteiger partial charge >= 0.3 is 0 Å². The molecule has 1 unspecified atom stereocenters. The van der Waals surface area contributed by atoms with Crippen LogP contribution in [0.3, 0.4) is 0 Å². The van der Waals surface area contributed by atoms with Gasteiger partial charge in [0.1, 0.15) is 0 Å². The molecule has 0 N–H and O–H groups in total. The zero-order valence-electron chi connectivity index (χ0n) is 19.1. The van der Waals surface area contributed by atoms with Crippen molar-refractivity contribution in [3.05, 3.63) is 70.8 Å². The molecule has 3 heterocycles. The van der Waals surface area contributed by atoms with Crippen molar-refractivity contribution in [1.82, 2.24) is 19.6 Å². The van der Waals surface area contributed by atoms with Crippen molar-refractivity contribution in [2.75, 3.05) is 46.3 Å². The zero-order valence-corrected chi connectivity index (χ0v) is 19.1. The summed E-state index contributed by atoms with van der Waals surface area (Å²) in [6.45, 7) is 5.69. The number of nitrogens with zero attached hydrogens (tertiary/aromatic N) is 4. The molecule has 0 spiro atoms. The van der Waals surface area contributed by atoms with Gasteiger partial charge in [-0.15, -0.1) is 0 Å². The van der Waals surface area contributed by atoms with Crippen molar-refractivity contribution in [3.63, 3.8) is 0 Å². The lowest BCUT2D eigenvalue weighted by Crippen LogP contribution is -2.55. The summed E-state index contributed by atoms with van der Waals surface area (Å²) in [6, 6.07) is 14.8. The van der Waals surface area contributed by atoms with Gasteiger partial charge in [-0.1, -0.05) is 24.3 Å². The van der Waals surface area contributed by atoms with Gasteiger partial charge in [-0.3, -0.25) is 24.2 Å². The fourth-order valence-electron chi connectivity index (χ4n) is 5.28. The number of hydrogen-bond acceptors (Lipinski definition) is 5. The highest BCUT2D eigenvalue weighted by Gasteiger charge is 2.35. The van der Waals surface area contributed by atoms with E-state index in [1.165, 1.54) is 24.3 Å². The lowest BCUT2D eigenvalue weighted by atomic mass is 10.0. The summed E-state index contributed by atoms with van der Waals surface area (Å²) in [5, 5.41) is 0. The van der Waals surface area contributed by atoms with Crippen molar-refractivity contribution in [2.24, 2.45) is 0 Å². The van der Waals surface area contributed by atoms with Crippen molar-refractivity contribution in [1.29, 1.82) is 0 Å². The topological polar surface area (TPSA) is 64.2 Å². The monoisotopic (exact) mass is 446 g/mol. The summed E-state index contributed by atoms with van der Waals surface area (Å²) in [5.41, 5.74) is 2.27. The Balaban J connectivity index is 1.22. The summed E-state index contributed by atoms with van der Waals surface area (Å²) >= 11 is 0. The zero-order chi connectivity index (χ0) is 22.9. The first-order valence-corrected chi connectivity index (χ1v) is 11.8. The largest absolute Gasteiger partial charge is 0.336 e. The number of benzene rings is 2. The van der Waals surface area contributed by atoms with Crippen LogP contribution < -0.4 is 0 Å². The normalized spacial score (nSPS) is 22.0. The van der Waals surface area contributed by atoms with Crippen LogP contribution >= 0.6 is 0 Å². The van der Waals surface area contributed by atoms with E-state index >= 15 is 0 Å². The minimum absolute atomic E-state index is 0.0135. The van der Waals surface area contributed by atoms with Gasteiger partial charge in [0, 0.05) is 44.3 Å². The Bertz CT molecular complexity index is 1040. The number of fused-ring (bicyclic) bond motifs is 1. The van der Waals surface area contributed by atoms with Crippen LogP contribution in [0.15, 0.2) is 48.5 Å². The van der Waals surface area contributed by atoms with E-state index in [1.54, 1.807) is 24.3 Å². The van der Waals surface area contributed by atoms with Gasteiger partial charge in [-0.05, 0) is 56.3 Å². The Morgan fingerprint density at radius 1 is 0.909 bits per heavy atom. The van der Waals surface area contributed by atoms with E-state index in [0.717, 1.165) is 38.3 Å². The fraction of sp³-hybridized carbons (Fsp3) is 0.423. The number of imide groups is 1. The van der Waals surface area contributed by atoms with Crippen LogP contribution in [0.4, 0.5) is 0 Å². The molecule has 7 heteroatoms. The molecule has 172 valence electrons. The Hall–Kier alpha value is -3.03. The highest BCUT2D eigenvalue weighted by molar-refractivity contribution is 6.21. The Kier molecular flexibility index (Phi) is 6.00. The van der Waals surface area contributed by atoms with Crippen molar-refractivity contribution in [3.8, 4) is 0 Å². The van der Waals surface area contributed by atoms with Gasteiger partial charge in [-0.25, -0.2) is 0 Å². The van der Waals surface area contributed by atoms with Crippen LogP contribution in [-0.4, -0.2) is 89.7 Å². The molecule has 2 aromatic rings. The third kappa shape index (κ3) is 4.30. The summed E-state index contributed by atoms with van der Waals surface area (Å²) in [7, 11) is 2.18. The molecule has 33 heavy (non-hydrogen) atoms. The number of rotatable bonds is 4. The first-order valence-electron chi connectivity index (χ1n) is 11.8. The molecular formula is C26H30N4O3. The second-order valence-electron chi connectivity index (χ2n) is 9.33. The molecule has 3 amide bonds. The van der Waals surface area contributed by atoms with Gasteiger partial charge in [-0.2, -0.15) is 0 Å². The van der Waals surface area contributed by atoms with E-state index in [2.05, 4.69) is 16.8 Å². The number of carbonyl (C=O) groups is 3. The minimum atomic E-state index is -0.281. The summed E-state index contributed by atoms with van der Waals surface area (Å²) in [4.78, 5) is 46.6. The van der Waals surface area contributed by atoms with Gasteiger partial charge in [0.25, 0.3) is 17.7 Å². The quantitative estimate of drug-likeness (QED) is 0.675. The molecule has 0 bridgehead atoms. The molecule has 0 radical (unpaired) electrons. The van der Waals surface area contributed by atoms with Crippen molar-refractivity contribution < 1.29 is 14.4 Å². The van der Waals surface area contributed by atoms with E-state index in [-0.39, 0.29) is 24.3 Å². The Morgan fingerprint density at radius 2 is 1.61 bits per heavy atom. The van der Waals surface area contributed by atoms with Gasteiger partial charge in [0.05, 0.1) is 17.7 Å². The lowest BCUT2D eigenvalue weighted by Gasteiger charge is -2.42. The van der Waals surface area contributed by atoms with Crippen LogP contribution in [0, 0.1) is 0 Å². The number of likely N-dealkylation sites (N-methyl/N-ethyl adjacent to an activating group) is 1. The Labute approximate surface area is 194 Å². The maximum atomic E-state index is 13.2. The highest BCUT2D eigenvalue weighted by Crippen LogP contribution is 2.25. The number of hydrogen-bond donors (Lipinski definition) is 0. The molecule has 2 aromatic carbocycles. The molecule has 2 fully saturated rings. The molecule has 5 rings (SSSR count). The van der Waals surface area contributed by atoms with Gasteiger partial charge in [0.2, 0.25) is 0 Å².